The van der Waals surface area contributed by atoms with Gasteiger partial charge >= 0.3 is 0 Å². The molecular weight excluding hydrogens is 416 g/mol. The van der Waals surface area contributed by atoms with Crippen molar-refractivity contribution < 1.29 is 22.7 Å². The quantitative estimate of drug-likeness (QED) is 0.619. The standard InChI is InChI=1S/C18H16N4O5S2/c23-18(12-3-1-5-14-17(12)27-11-26-14)21-7-9-22(10-8-21)29(24,25)15-6-2-4-13-16(15)20-28-19-13/h1-6H,7-11H2. The largest absolute Gasteiger partial charge is 0.454 e. The number of carbonyl (C=O) groups excluding carboxylic acids is 1. The summed E-state index contributed by atoms with van der Waals surface area (Å²) >= 11 is 0.983. The molecule has 1 fully saturated rings. The van der Waals surface area contributed by atoms with Crippen molar-refractivity contribution in [3.05, 3.63) is 42.0 Å². The highest BCUT2D eigenvalue weighted by molar-refractivity contribution is 7.89. The number of aromatic nitrogens is 2. The van der Waals surface area contributed by atoms with Crippen LogP contribution in [0.1, 0.15) is 10.4 Å². The minimum Gasteiger partial charge on any atom is -0.454 e. The molecule has 0 N–H and O–H groups in total. The van der Waals surface area contributed by atoms with Crippen molar-refractivity contribution in [2.75, 3.05) is 33.0 Å². The van der Waals surface area contributed by atoms with E-state index in [1.165, 1.54) is 4.31 Å². The van der Waals surface area contributed by atoms with E-state index < -0.39 is 10.0 Å². The number of nitrogens with zero attached hydrogens (tertiary/aromatic N) is 4. The predicted molar refractivity (Wildman–Crippen MR) is 105 cm³/mol. The maximum atomic E-state index is 13.1. The summed E-state index contributed by atoms with van der Waals surface area (Å²) in [4.78, 5) is 14.7. The first-order chi connectivity index (χ1) is 14.1. The Kier molecular flexibility index (Phi) is 4.37. The zero-order valence-corrected chi connectivity index (χ0v) is 16.8. The number of hydrogen-bond donors (Lipinski definition) is 0. The molecule has 3 heterocycles. The van der Waals surface area contributed by atoms with Gasteiger partial charge in [-0.3, -0.25) is 4.79 Å². The summed E-state index contributed by atoms with van der Waals surface area (Å²) in [5.74, 6) is 0.785. The zero-order chi connectivity index (χ0) is 20.0. The molecule has 0 aliphatic carbocycles. The molecule has 29 heavy (non-hydrogen) atoms. The minimum atomic E-state index is -3.73. The Labute approximate surface area is 170 Å². The van der Waals surface area contributed by atoms with Crippen molar-refractivity contribution >= 4 is 38.7 Å². The molecule has 1 aromatic heterocycles. The average molecular weight is 432 g/mol. The van der Waals surface area contributed by atoms with Crippen molar-refractivity contribution in [3.8, 4) is 11.5 Å². The first-order valence-corrected chi connectivity index (χ1v) is 11.1. The lowest BCUT2D eigenvalue weighted by Crippen LogP contribution is -2.50. The third-order valence-corrected chi connectivity index (χ3v) is 7.49. The molecule has 1 amide bonds. The van der Waals surface area contributed by atoms with Crippen molar-refractivity contribution in [1.82, 2.24) is 18.0 Å². The van der Waals surface area contributed by atoms with Crippen LogP contribution in [0.25, 0.3) is 11.0 Å². The van der Waals surface area contributed by atoms with Crippen molar-refractivity contribution in [1.29, 1.82) is 0 Å². The van der Waals surface area contributed by atoms with Crippen LogP contribution in [0, 0.1) is 0 Å². The van der Waals surface area contributed by atoms with E-state index in [0.29, 0.717) is 28.1 Å². The van der Waals surface area contributed by atoms with E-state index in [1.54, 1.807) is 41.3 Å². The highest BCUT2D eigenvalue weighted by Crippen LogP contribution is 2.36. The Morgan fingerprint density at radius 3 is 2.62 bits per heavy atom. The maximum absolute atomic E-state index is 13.1. The van der Waals surface area contributed by atoms with E-state index in [0.717, 1.165) is 11.7 Å². The molecular formula is C18H16N4O5S2. The third-order valence-electron chi connectivity index (χ3n) is 5.02. The van der Waals surface area contributed by atoms with Gasteiger partial charge in [0.1, 0.15) is 15.9 Å². The van der Waals surface area contributed by atoms with Crippen LogP contribution in [0.4, 0.5) is 0 Å². The lowest BCUT2D eigenvalue weighted by molar-refractivity contribution is 0.0693. The molecule has 150 valence electrons. The normalized spacial score (nSPS) is 17.0. The van der Waals surface area contributed by atoms with E-state index in [4.69, 9.17) is 9.47 Å². The lowest BCUT2D eigenvalue weighted by atomic mass is 10.1. The Bertz CT molecular complexity index is 1200. The first kappa shape index (κ1) is 18.3. The number of piperazine rings is 1. The molecule has 2 aliphatic heterocycles. The lowest BCUT2D eigenvalue weighted by Gasteiger charge is -2.34. The summed E-state index contributed by atoms with van der Waals surface area (Å²) in [6.07, 6.45) is 0. The summed E-state index contributed by atoms with van der Waals surface area (Å²) < 4.78 is 46.6. The van der Waals surface area contributed by atoms with Crippen molar-refractivity contribution in [2.45, 2.75) is 4.90 Å². The van der Waals surface area contributed by atoms with Crippen LogP contribution in [-0.2, 0) is 10.0 Å². The van der Waals surface area contributed by atoms with E-state index in [-0.39, 0.29) is 43.8 Å². The van der Waals surface area contributed by atoms with Crippen LogP contribution in [-0.4, -0.2) is 65.2 Å². The minimum absolute atomic E-state index is 0.0860. The van der Waals surface area contributed by atoms with Gasteiger partial charge in [-0.2, -0.15) is 13.1 Å². The second-order valence-corrected chi connectivity index (χ2v) is 9.06. The van der Waals surface area contributed by atoms with Gasteiger partial charge in [-0.15, -0.1) is 0 Å². The molecule has 0 bridgehead atoms. The van der Waals surface area contributed by atoms with Crippen molar-refractivity contribution in [2.24, 2.45) is 0 Å². The van der Waals surface area contributed by atoms with E-state index in [2.05, 4.69) is 8.75 Å². The molecule has 0 spiro atoms. The topological polar surface area (TPSA) is 102 Å². The molecule has 3 aromatic rings. The Morgan fingerprint density at radius 2 is 1.79 bits per heavy atom. The molecule has 0 saturated carbocycles. The average Bonchev–Trinajstić information content (AvgIpc) is 3.42. The van der Waals surface area contributed by atoms with E-state index >= 15 is 0 Å². The summed E-state index contributed by atoms with van der Waals surface area (Å²) in [6.45, 7) is 1.06. The van der Waals surface area contributed by atoms with Gasteiger partial charge in [-0.25, -0.2) is 8.42 Å². The van der Waals surface area contributed by atoms with E-state index in [1.807, 2.05) is 0 Å². The number of rotatable bonds is 3. The second kappa shape index (κ2) is 6.94. The van der Waals surface area contributed by atoms with Crippen LogP contribution in [0.15, 0.2) is 41.3 Å². The van der Waals surface area contributed by atoms with Gasteiger partial charge in [0.15, 0.2) is 11.5 Å². The number of sulfonamides is 1. The summed E-state index contributed by atoms with van der Waals surface area (Å²) in [5, 5.41) is 0. The highest BCUT2D eigenvalue weighted by atomic mass is 32.2. The fourth-order valence-electron chi connectivity index (χ4n) is 3.53. The van der Waals surface area contributed by atoms with Crippen LogP contribution < -0.4 is 9.47 Å². The molecule has 0 radical (unpaired) electrons. The molecule has 5 rings (SSSR count). The molecule has 9 nitrogen and oxygen atoms in total. The maximum Gasteiger partial charge on any atom is 0.257 e. The molecule has 1 saturated heterocycles. The molecule has 2 aromatic carbocycles. The number of benzene rings is 2. The number of hydrogen-bond acceptors (Lipinski definition) is 8. The first-order valence-electron chi connectivity index (χ1n) is 8.95. The molecule has 0 unspecified atom stereocenters. The van der Waals surface area contributed by atoms with Gasteiger partial charge in [-0.1, -0.05) is 12.1 Å². The van der Waals surface area contributed by atoms with Crippen LogP contribution in [0.2, 0.25) is 0 Å². The molecule has 2 aliphatic rings. The third kappa shape index (κ3) is 3.02. The number of ether oxygens (including phenoxy) is 2. The Hall–Kier alpha value is -2.76. The smallest absolute Gasteiger partial charge is 0.257 e. The van der Waals surface area contributed by atoms with Gasteiger partial charge in [0.2, 0.25) is 16.8 Å². The SMILES string of the molecule is O=C(c1cccc2c1OCO2)N1CCN(S(=O)(=O)c2cccc3nsnc23)CC1. The number of amides is 1. The van der Waals surface area contributed by atoms with E-state index in [9.17, 15) is 13.2 Å². The van der Waals surface area contributed by atoms with Gasteiger partial charge in [0, 0.05) is 26.2 Å². The highest BCUT2D eigenvalue weighted by Gasteiger charge is 2.33. The van der Waals surface area contributed by atoms with Gasteiger partial charge < -0.3 is 14.4 Å². The molecule has 0 atom stereocenters. The summed E-state index contributed by atoms with van der Waals surface area (Å²) in [7, 11) is -3.73. The van der Waals surface area contributed by atoms with Gasteiger partial charge in [0.25, 0.3) is 5.91 Å². The van der Waals surface area contributed by atoms with Gasteiger partial charge in [0.05, 0.1) is 17.3 Å². The number of fused-ring (bicyclic) bond motifs is 2. The zero-order valence-electron chi connectivity index (χ0n) is 15.1. The number of para-hydroxylation sites is 1. The number of carbonyl (C=O) groups is 1. The van der Waals surface area contributed by atoms with Crippen LogP contribution in [0.3, 0.4) is 0 Å². The van der Waals surface area contributed by atoms with Gasteiger partial charge in [-0.05, 0) is 24.3 Å². The molecule has 11 heteroatoms. The van der Waals surface area contributed by atoms with Crippen LogP contribution >= 0.6 is 11.7 Å². The Balaban J connectivity index is 1.35. The fourth-order valence-corrected chi connectivity index (χ4v) is 5.70. The second-order valence-electron chi connectivity index (χ2n) is 6.62. The monoisotopic (exact) mass is 432 g/mol. The van der Waals surface area contributed by atoms with Crippen molar-refractivity contribution in [3.63, 3.8) is 0 Å². The van der Waals surface area contributed by atoms with Crippen LogP contribution in [0.5, 0.6) is 11.5 Å². The Morgan fingerprint density at radius 1 is 1.00 bits per heavy atom. The summed E-state index contributed by atoms with van der Waals surface area (Å²) in [5.41, 5.74) is 1.37. The predicted octanol–water partition coefficient (Wildman–Crippen LogP) is 1.57. The summed E-state index contributed by atoms with van der Waals surface area (Å²) in [6, 6.07) is 10.1. The fraction of sp³-hybridized carbons (Fsp3) is 0.278.